The predicted octanol–water partition coefficient (Wildman–Crippen LogP) is 10.3. The first-order valence-electron chi connectivity index (χ1n) is 21.0. The Bertz CT molecular complexity index is 2340. The fraction of sp³-hybridized carbons (Fsp3) is 0.346. The van der Waals surface area contributed by atoms with E-state index in [-0.39, 0.29) is 34.8 Å². The second-order valence-corrected chi connectivity index (χ2v) is 16.3. The molecule has 3 aromatic rings. The third-order valence-corrected chi connectivity index (χ3v) is 11.3. The van der Waals surface area contributed by atoms with Crippen LogP contribution in [0, 0.1) is 27.7 Å². The standard InChI is InChI=1S/C52H60N2O6/c1-13-15-45(59-51(57)31(3)4)37(11)53(43-27-17-33(7)29-35(43)9)41-23-19-39(20-24-41)47-49(55)48(50(47)56)40-21-25-42(26-22-40)54(44-28-18-34(8)30-36(44)10)38(12)46(16-14-2)60-52(58)32(5)6/h17-30,37-38,45-46H,3,5,13-16H2,1-2,4,6-12H3. The largest absolute Gasteiger partial charge is 0.871 e. The van der Waals surface area contributed by atoms with Crippen molar-refractivity contribution >= 4 is 46.1 Å². The van der Waals surface area contributed by atoms with Gasteiger partial charge in [0.2, 0.25) is 11.4 Å². The van der Waals surface area contributed by atoms with E-state index in [9.17, 15) is 19.5 Å². The Morgan fingerprint density at radius 2 is 1.27 bits per heavy atom. The number of nitrogens with zero attached hydrogens (tertiary/aromatic N) is 2. The van der Waals surface area contributed by atoms with Crippen LogP contribution < -0.4 is 10.0 Å². The molecule has 8 nitrogen and oxygen atoms in total. The topological polar surface area (TPSA) is 99.0 Å². The Labute approximate surface area is 356 Å². The van der Waals surface area contributed by atoms with Crippen molar-refractivity contribution in [2.45, 2.75) is 119 Å². The number of esters is 2. The van der Waals surface area contributed by atoms with Crippen LogP contribution in [0.4, 0.5) is 17.1 Å². The number of ether oxygens (including phenoxy) is 2. The molecule has 4 unspecified atom stereocenters. The van der Waals surface area contributed by atoms with E-state index in [1.54, 1.807) is 13.8 Å². The molecule has 0 saturated carbocycles. The smallest absolute Gasteiger partial charge is 0.333 e. The van der Waals surface area contributed by atoms with Crippen molar-refractivity contribution in [2.75, 3.05) is 4.90 Å². The van der Waals surface area contributed by atoms with Crippen LogP contribution >= 0.6 is 0 Å². The minimum Gasteiger partial charge on any atom is -0.871 e. The van der Waals surface area contributed by atoms with Gasteiger partial charge in [-0.25, -0.2) is 9.59 Å². The Hall–Kier alpha value is -6.02. The van der Waals surface area contributed by atoms with Gasteiger partial charge in [0.25, 0.3) is 0 Å². The first-order valence-corrected chi connectivity index (χ1v) is 21.0. The van der Waals surface area contributed by atoms with Gasteiger partial charge < -0.3 is 19.5 Å². The number of hydrogen-bond donors (Lipinski definition) is 0. The molecule has 0 spiro atoms. The maximum atomic E-state index is 13.8. The molecule has 0 amide bonds. The zero-order chi connectivity index (χ0) is 44.0. The molecule has 0 heterocycles. The average Bonchev–Trinajstić information content (AvgIpc) is 3.20. The molecule has 0 radical (unpaired) electrons. The number of hydrogen-bond acceptors (Lipinski definition) is 7. The van der Waals surface area contributed by atoms with Crippen molar-refractivity contribution in [3.8, 4) is 0 Å². The van der Waals surface area contributed by atoms with Crippen LogP contribution in [-0.4, -0.2) is 52.3 Å². The summed E-state index contributed by atoms with van der Waals surface area (Å²) in [5.41, 5.74) is 10.1. The van der Waals surface area contributed by atoms with Crippen molar-refractivity contribution in [3.63, 3.8) is 0 Å². The van der Waals surface area contributed by atoms with Gasteiger partial charge in [-0.3, -0.25) is 4.79 Å². The van der Waals surface area contributed by atoms with Crippen molar-refractivity contribution in [2.24, 2.45) is 0 Å². The SMILES string of the molecule is C=C(C)C(=O)OC(CCC)C(C)N(c1ccc(C2=C([O-])C(=C3C=CC(=[N+](c4ccc(C)cc4C)C(C)C(CCC)OC(=O)C(=C)C)C=C3)C2=O)cc1)c1ccc(C)cc1C. The van der Waals surface area contributed by atoms with Gasteiger partial charge >= 0.3 is 11.9 Å². The molecule has 4 atom stereocenters. The summed E-state index contributed by atoms with van der Waals surface area (Å²) in [6.45, 7) is 27.3. The maximum absolute atomic E-state index is 13.8. The summed E-state index contributed by atoms with van der Waals surface area (Å²) in [6, 6.07) is 19.5. The zero-order valence-electron chi connectivity index (χ0n) is 37.0. The Balaban J connectivity index is 1.50. The number of aryl methyl sites for hydroxylation is 4. The highest BCUT2D eigenvalue weighted by molar-refractivity contribution is 6.39. The molecule has 0 N–H and O–H groups in total. The highest BCUT2D eigenvalue weighted by Gasteiger charge is 2.36. The highest BCUT2D eigenvalue weighted by Crippen LogP contribution is 2.40. The minimum absolute atomic E-state index is 0.151. The third kappa shape index (κ3) is 9.71. The van der Waals surface area contributed by atoms with Crippen molar-refractivity contribution in [3.05, 3.63) is 154 Å². The molecule has 0 saturated heterocycles. The molecule has 2 aliphatic rings. The number of carbonyl (C=O) groups excluding carboxylic acids is 3. The van der Waals surface area contributed by atoms with E-state index in [0.29, 0.717) is 35.1 Å². The lowest BCUT2D eigenvalue weighted by molar-refractivity contribution is -0.493. The van der Waals surface area contributed by atoms with Crippen LogP contribution in [0.2, 0.25) is 0 Å². The first kappa shape index (κ1) is 45.1. The van der Waals surface area contributed by atoms with E-state index in [4.69, 9.17) is 9.47 Å². The lowest BCUT2D eigenvalue weighted by Gasteiger charge is -2.37. The molecule has 8 heteroatoms. The van der Waals surface area contributed by atoms with Crippen LogP contribution in [0.1, 0.15) is 95.0 Å². The summed E-state index contributed by atoms with van der Waals surface area (Å²) in [4.78, 5) is 41.4. The second-order valence-electron chi connectivity index (χ2n) is 16.3. The molecule has 5 rings (SSSR count). The Kier molecular flexibility index (Phi) is 14.5. The van der Waals surface area contributed by atoms with Crippen LogP contribution in [-0.2, 0) is 23.9 Å². The summed E-state index contributed by atoms with van der Waals surface area (Å²) >= 11 is 0. The van der Waals surface area contributed by atoms with E-state index in [0.717, 1.165) is 57.9 Å². The van der Waals surface area contributed by atoms with Crippen LogP contribution in [0.3, 0.4) is 0 Å². The molecule has 2 aliphatic carbocycles. The molecule has 3 aromatic carbocycles. The average molecular weight is 809 g/mol. The van der Waals surface area contributed by atoms with E-state index in [1.165, 1.54) is 0 Å². The van der Waals surface area contributed by atoms with Crippen molar-refractivity contribution in [1.29, 1.82) is 0 Å². The summed E-state index contributed by atoms with van der Waals surface area (Å²) < 4.78 is 14.1. The summed E-state index contributed by atoms with van der Waals surface area (Å²) in [7, 11) is 0. The van der Waals surface area contributed by atoms with Gasteiger partial charge in [-0.2, -0.15) is 4.58 Å². The number of Topliss-reactive ketones (excluding diaryl/α,β-unsaturated/α-hetero) is 1. The van der Waals surface area contributed by atoms with Gasteiger partial charge in [0.15, 0.2) is 17.9 Å². The van der Waals surface area contributed by atoms with E-state index >= 15 is 0 Å². The molecule has 0 fully saturated rings. The number of benzene rings is 3. The highest BCUT2D eigenvalue weighted by atomic mass is 16.5. The molecule has 314 valence electrons. The number of carbonyl (C=O) groups is 3. The maximum Gasteiger partial charge on any atom is 0.333 e. The molecular weight excluding hydrogens is 749 g/mol. The number of ketones is 1. The Morgan fingerprint density at radius 3 is 1.78 bits per heavy atom. The molecular formula is C52H60N2O6. The van der Waals surface area contributed by atoms with Gasteiger partial charge in [-0.15, -0.1) is 0 Å². The summed E-state index contributed by atoms with van der Waals surface area (Å²) in [5, 5.41) is 13.8. The monoisotopic (exact) mass is 808 g/mol. The summed E-state index contributed by atoms with van der Waals surface area (Å²) in [5.74, 6) is -1.45. The molecule has 0 aromatic heterocycles. The van der Waals surface area contributed by atoms with Crippen molar-refractivity contribution in [1.82, 2.24) is 0 Å². The molecule has 60 heavy (non-hydrogen) atoms. The fourth-order valence-electron chi connectivity index (χ4n) is 8.01. The predicted molar refractivity (Wildman–Crippen MR) is 241 cm³/mol. The third-order valence-electron chi connectivity index (χ3n) is 11.3. The Morgan fingerprint density at radius 1 is 0.733 bits per heavy atom. The lowest BCUT2D eigenvalue weighted by Crippen LogP contribution is -2.41. The lowest BCUT2D eigenvalue weighted by atomic mass is 9.80. The second kappa shape index (κ2) is 19.4. The number of anilines is 2. The van der Waals surface area contributed by atoms with E-state index in [2.05, 4.69) is 101 Å². The number of rotatable bonds is 16. The van der Waals surface area contributed by atoms with Gasteiger partial charge in [0.05, 0.1) is 6.04 Å². The van der Waals surface area contributed by atoms with Gasteiger partial charge in [0, 0.05) is 64.4 Å². The summed E-state index contributed by atoms with van der Waals surface area (Å²) in [6.07, 6.45) is 9.58. The van der Waals surface area contributed by atoms with E-state index < -0.39 is 24.1 Å². The first-order chi connectivity index (χ1) is 28.5. The van der Waals surface area contributed by atoms with Crippen LogP contribution in [0.15, 0.2) is 126 Å². The molecule has 0 aliphatic heterocycles. The van der Waals surface area contributed by atoms with Gasteiger partial charge in [0.1, 0.15) is 6.10 Å². The van der Waals surface area contributed by atoms with Crippen molar-refractivity contribution < 1.29 is 33.5 Å². The van der Waals surface area contributed by atoms with Crippen LogP contribution in [0.25, 0.3) is 5.57 Å². The minimum atomic E-state index is -0.424. The normalized spacial score (nSPS) is 15.6. The van der Waals surface area contributed by atoms with E-state index in [1.807, 2.05) is 62.4 Å². The molecule has 0 bridgehead atoms. The van der Waals surface area contributed by atoms with Gasteiger partial charge in [-0.1, -0.05) is 87.1 Å². The quantitative estimate of drug-likeness (QED) is 0.0807. The number of allylic oxidation sites excluding steroid dienone is 7. The van der Waals surface area contributed by atoms with Gasteiger partial charge in [-0.05, 0) is 114 Å². The fourth-order valence-corrected chi connectivity index (χ4v) is 8.01. The zero-order valence-corrected chi connectivity index (χ0v) is 37.0. The van der Waals surface area contributed by atoms with Crippen LogP contribution in [0.5, 0.6) is 0 Å².